The summed E-state index contributed by atoms with van der Waals surface area (Å²) in [5, 5.41) is 8.68. The van der Waals surface area contributed by atoms with E-state index in [1.165, 1.54) is 44.9 Å². The highest BCUT2D eigenvalue weighted by molar-refractivity contribution is 6.79. The van der Waals surface area contributed by atoms with Crippen molar-refractivity contribution in [2.24, 2.45) is 0 Å². The van der Waals surface area contributed by atoms with Gasteiger partial charge in [-0.15, -0.1) is 11.7 Å². The zero-order valence-corrected chi connectivity index (χ0v) is 21.8. The maximum atomic E-state index is 7.01. The molecule has 1 atom stereocenters. The van der Waals surface area contributed by atoms with Gasteiger partial charge in [-0.1, -0.05) is 107 Å². The van der Waals surface area contributed by atoms with Crippen LogP contribution in [-0.4, -0.2) is 23.1 Å². The van der Waals surface area contributed by atoms with Crippen LogP contribution in [0, 0.1) is 0 Å². The Kier molecular flexibility index (Phi) is 9.30. The first-order valence-electron chi connectivity index (χ1n) is 12.7. The van der Waals surface area contributed by atoms with E-state index in [0.29, 0.717) is 0 Å². The van der Waals surface area contributed by atoms with Crippen molar-refractivity contribution < 1.29 is 4.74 Å². The van der Waals surface area contributed by atoms with Crippen molar-refractivity contribution in [2.75, 3.05) is 0 Å². The normalized spacial score (nSPS) is 13.7. The number of hydrogen-bond acceptors (Lipinski definition) is 3. The lowest BCUT2D eigenvalue weighted by molar-refractivity contribution is 0.0443. The van der Waals surface area contributed by atoms with E-state index in [2.05, 4.69) is 66.7 Å². The first kappa shape index (κ1) is 25.2. The lowest BCUT2D eigenvalue weighted by Gasteiger charge is -2.45. The Morgan fingerprint density at radius 1 is 0.909 bits per heavy atom. The zero-order valence-electron chi connectivity index (χ0n) is 20.8. The third-order valence-corrected chi connectivity index (χ3v) is 10.8. The number of fused-ring (bicyclic) bond motifs is 1. The van der Waals surface area contributed by atoms with Crippen LogP contribution >= 0.6 is 0 Å². The van der Waals surface area contributed by atoms with E-state index in [4.69, 9.17) is 9.95 Å². The summed E-state index contributed by atoms with van der Waals surface area (Å²) < 4.78 is 9.11. The van der Waals surface area contributed by atoms with Crippen molar-refractivity contribution in [3.8, 4) is 5.75 Å². The van der Waals surface area contributed by atoms with Crippen molar-refractivity contribution in [2.45, 2.75) is 89.2 Å². The first-order chi connectivity index (χ1) is 16.0. The van der Waals surface area contributed by atoms with E-state index >= 15 is 0 Å². The molecule has 2 aromatic carbocycles. The van der Waals surface area contributed by atoms with Crippen molar-refractivity contribution >= 4 is 19.1 Å². The number of rotatable bonds is 15. The molecule has 0 aliphatic heterocycles. The quantitative estimate of drug-likeness (QED) is 0.130. The molecule has 3 aromatic rings. The largest absolute Gasteiger partial charge is 0.470 e. The molecule has 0 amide bonds. The maximum absolute atomic E-state index is 7.01. The van der Waals surface area contributed by atoms with Gasteiger partial charge in [-0.05, 0) is 36.7 Å². The second kappa shape index (κ2) is 12.2. The van der Waals surface area contributed by atoms with Crippen molar-refractivity contribution in [3.05, 3.63) is 67.3 Å². The Balaban J connectivity index is 1.92. The molecule has 0 N–H and O–H groups in total. The monoisotopic (exact) mass is 463 g/mol. The highest BCUT2D eigenvalue weighted by atomic mass is 28.3. The second-order valence-electron chi connectivity index (χ2n) is 9.79. The summed E-state index contributed by atoms with van der Waals surface area (Å²) in [5.74, 6) is 0.890. The lowest BCUT2D eigenvalue weighted by Crippen LogP contribution is -2.60. The van der Waals surface area contributed by atoms with Gasteiger partial charge in [0.1, 0.15) is 19.3 Å². The minimum Gasteiger partial charge on any atom is -0.470 e. The Morgan fingerprint density at radius 3 is 2.24 bits per heavy atom. The van der Waals surface area contributed by atoms with Gasteiger partial charge in [0.25, 0.3) is 0 Å². The molecule has 0 saturated heterocycles. The molecule has 33 heavy (non-hydrogen) atoms. The molecule has 1 heterocycles. The van der Waals surface area contributed by atoms with E-state index in [0.717, 1.165) is 35.7 Å². The molecule has 1 unspecified atom stereocenters. The van der Waals surface area contributed by atoms with E-state index < -0.39 is 13.4 Å². The zero-order chi connectivity index (χ0) is 23.6. The van der Waals surface area contributed by atoms with E-state index in [1.807, 2.05) is 30.3 Å². The Labute approximate surface area is 201 Å². The molecule has 0 saturated carbocycles. The Hall–Kier alpha value is -2.40. The van der Waals surface area contributed by atoms with Crippen molar-refractivity contribution in [3.63, 3.8) is 0 Å². The van der Waals surface area contributed by atoms with Crippen LogP contribution in [0.2, 0.25) is 19.1 Å². The fraction of sp³-hybridized carbons (Fsp3) is 0.500. The van der Waals surface area contributed by atoms with Crippen LogP contribution < -0.4 is 4.74 Å². The molecule has 0 aliphatic carbocycles. The number of para-hydroxylation sites is 2. The van der Waals surface area contributed by atoms with E-state index in [9.17, 15) is 0 Å². The molecule has 0 fully saturated rings. The number of aromatic nitrogens is 3. The first-order valence-corrected chi connectivity index (χ1v) is 15.9. The average molecular weight is 464 g/mol. The van der Waals surface area contributed by atoms with Gasteiger partial charge >= 0.3 is 0 Å². The molecule has 0 bridgehead atoms. The molecule has 0 spiro atoms. The van der Waals surface area contributed by atoms with Crippen LogP contribution in [0.3, 0.4) is 0 Å². The van der Waals surface area contributed by atoms with Crippen LogP contribution in [-0.2, 0) is 5.35 Å². The minimum absolute atomic E-state index is 0.541. The molecular weight excluding hydrogens is 422 g/mol. The topological polar surface area (TPSA) is 39.9 Å². The van der Waals surface area contributed by atoms with Gasteiger partial charge in [0.2, 0.25) is 0 Å². The molecule has 3 rings (SSSR count). The van der Waals surface area contributed by atoms with Crippen molar-refractivity contribution in [1.29, 1.82) is 0 Å². The van der Waals surface area contributed by atoms with Crippen LogP contribution in [0.1, 0.15) is 64.7 Å². The summed E-state index contributed by atoms with van der Waals surface area (Å²) >= 11 is 0. The summed E-state index contributed by atoms with van der Waals surface area (Å²) in [4.78, 5) is 0. The molecule has 4 nitrogen and oxygen atoms in total. The highest BCUT2D eigenvalue weighted by Gasteiger charge is 2.51. The number of ether oxygens (including phenoxy) is 1. The number of unbranched alkanes of at least 4 members (excludes halogenated alkanes) is 7. The van der Waals surface area contributed by atoms with Gasteiger partial charge < -0.3 is 4.74 Å². The van der Waals surface area contributed by atoms with E-state index in [-0.39, 0.29) is 0 Å². The van der Waals surface area contributed by atoms with Crippen LogP contribution in [0.4, 0.5) is 0 Å². The third-order valence-electron chi connectivity index (χ3n) is 6.81. The highest BCUT2D eigenvalue weighted by Crippen LogP contribution is 2.40. The molecule has 1 aromatic heterocycles. The predicted molar refractivity (Wildman–Crippen MR) is 142 cm³/mol. The van der Waals surface area contributed by atoms with Gasteiger partial charge in [-0.3, -0.25) is 0 Å². The Morgan fingerprint density at radius 2 is 1.55 bits per heavy atom. The van der Waals surface area contributed by atoms with Crippen molar-refractivity contribution in [1.82, 2.24) is 15.0 Å². The fourth-order valence-electron chi connectivity index (χ4n) is 4.80. The maximum Gasteiger partial charge on any atom is 0.185 e. The van der Waals surface area contributed by atoms with Gasteiger partial charge in [0.05, 0.1) is 5.52 Å². The molecular formula is C28H41N3OSi. The van der Waals surface area contributed by atoms with Gasteiger partial charge in [-0.2, -0.15) is 0 Å². The van der Waals surface area contributed by atoms with Gasteiger partial charge in [-0.25, -0.2) is 4.68 Å². The Bertz CT molecular complexity index is 985. The number of allylic oxidation sites excluding steroid dienone is 1. The van der Waals surface area contributed by atoms with Crippen LogP contribution in [0.15, 0.2) is 67.3 Å². The predicted octanol–water partition coefficient (Wildman–Crippen LogP) is 8.13. The number of nitrogens with zero attached hydrogens (tertiary/aromatic N) is 3. The smallest absolute Gasteiger partial charge is 0.185 e. The summed E-state index contributed by atoms with van der Waals surface area (Å²) in [6.45, 7) is 11.2. The second-order valence-corrected chi connectivity index (χ2v) is 14.7. The van der Waals surface area contributed by atoms with Crippen LogP contribution in [0.25, 0.3) is 11.0 Å². The summed E-state index contributed by atoms with van der Waals surface area (Å²) in [6, 6.07) is 19.4. The molecule has 178 valence electrons. The average Bonchev–Trinajstić information content (AvgIpc) is 3.25. The molecule has 0 aliphatic rings. The van der Waals surface area contributed by atoms with Gasteiger partial charge in [0.15, 0.2) is 5.35 Å². The summed E-state index contributed by atoms with van der Waals surface area (Å²) in [6.07, 6.45) is 13.3. The summed E-state index contributed by atoms with van der Waals surface area (Å²) in [7, 11) is -2.05. The lowest BCUT2D eigenvalue weighted by atomic mass is 10.1. The number of hydrogen-bond donors (Lipinski definition) is 0. The summed E-state index contributed by atoms with van der Waals surface area (Å²) in [5.41, 5.74) is 1.95. The SMILES string of the molecule is C=CC[Si](C)(C)C(CCCCCCCCCC)(Oc1ccccc1)n1nnc2ccccc21. The minimum atomic E-state index is -2.05. The third kappa shape index (κ3) is 6.14. The molecule has 5 heteroatoms. The van der Waals surface area contributed by atoms with E-state index in [1.54, 1.807) is 0 Å². The van der Waals surface area contributed by atoms with Crippen LogP contribution in [0.5, 0.6) is 5.75 Å². The van der Waals surface area contributed by atoms with Gasteiger partial charge in [0, 0.05) is 6.42 Å². The fourth-order valence-corrected chi connectivity index (χ4v) is 7.83. The molecule has 0 radical (unpaired) electrons. The number of benzene rings is 2. The standard InChI is InChI=1S/C28H41N3OSi/c1-5-7-8-9-10-11-12-18-23-28(33(3,4)24-6-2,32-25-19-14-13-15-20-25)31-27-22-17-16-21-26(27)29-30-31/h6,13-17,19-22H,2,5,7-12,18,23-24H2,1,3-4H3.